The number of hydrogen-bond donors (Lipinski definition) is 0. The summed E-state index contributed by atoms with van der Waals surface area (Å²) in [5.74, 6) is 2.03. The van der Waals surface area contributed by atoms with Crippen LogP contribution >= 0.6 is 0 Å². The summed E-state index contributed by atoms with van der Waals surface area (Å²) >= 11 is 0. The molecule has 48 valence electrons. The molecule has 1 saturated carbocycles. The SMILES string of the molecule is CC1CC1C(C)(C)C. The Hall–Kier alpha value is 0. The van der Waals surface area contributed by atoms with Crippen molar-refractivity contribution in [2.24, 2.45) is 17.3 Å². The van der Waals surface area contributed by atoms with Crippen LogP contribution in [0.1, 0.15) is 34.1 Å². The first-order valence-corrected chi connectivity index (χ1v) is 3.52. The molecule has 0 heterocycles. The third-order valence-electron chi connectivity index (χ3n) is 2.22. The van der Waals surface area contributed by atoms with Gasteiger partial charge in [0.1, 0.15) is 0 Å². The summed E-state index contributed by atoms with van der Waals surface area (Å²) in [6.45, 7) is 9.35. The van der Waals surface area contributed by atoms with Crippen molar-refractivity contribution in [1.82, 2.24) is 0 Å². The van der Waals surface area contributed by atoms with Crippen molar-refractivity contribution in [3.05, 3.63) is 0 Å². The fourth-order valence-electron chi connectivity index (χ4n) is 1.53. The molecule has 0 radical (unpaired) electrons. The van der Waals surface area contributed by atoms with Gasteiger partial charge >= 0.3 is 0 Å². The summed E-state index contributed by atoms with van der Waals surface area (Å²) in [5, 5.41) is 0. The van der Waals surface area contributed by atoms with Gasteiger partial charge in [-0.1, -0.05) is 27.7 Å². The van der Waals surface area contributed by atoms with Gasteiger partial charge in [0.25, 0.3) is 0 Å². The highest BCUT2D eigenvalue weighted by Crippen LogP contribution is 2.49. The van der Waals surface area contributed by atoms with Crippen LogP contribution in [0.5, 0.6) is 0 Å². The second-order valence-electron chi connectivity index (χ2n) is 4.19. The first-order valence-electron chi connectivity index (χ1n) is 3.52. The zero-order valence-electron chi connectivity index (χ0n) is 6.36. The lowest BCUT2D eigenvalue weighted by molar-refractivity contribution is 0.334. The average molecular weight is 112 g/mol. The highest BCUT2D eigenvalue weighted by atomic mass is 14.5. The molecule has 2 atom stereocenters. The van der Waals surface area contributed by atoms with Crippen LogP contribution in [-0.2, 0) is 0 Å². The molecule has 0 heteroatoms. The fraction of sp³-hybridized carbons (Fsp3) is 1.00. The van der Waals surface area contributed by atoms with Gasteiger partial charge in [-0.15, -0.1) is 0 Å². The van der Waals surface area contributed by atoms with Crippen LogP contribution in [0.3, 0.4) is 0 Å². The third kappa shape index (κ3) is 1.04. The highest BCUT2D eigenvalue weighted by molar-refractivity contribution is 4.90. The standard InChI is InChI=1S/C8H16/c1-6-5-7(6)8(2,3)4/h6-7H,5H2,1-4H3. The molecule has 0 saturated heterocycles. The molecule has 2 unspecified atom stereocenters. The molecule has 0 aromatic rings. The summed E-state index contributed by atoms with van der Waals surface area (Å²) in [4.78, 5) is 0. The van der Waals surface area contributed by atoms with E-state index in [4.69, 9.17) is 0 Å². The Balaban J connectivity index is 2.39. The van der Waals surface area contributed by atoms with E-state index in [1.54, 1.807) is 0 Å². The van der Waals surface area contributed by atoms with E-state index >= 15 is 0 Å². The van der Waals surface area contributed by atoms with Crippen LogP contribution in [0.25, 0.3) is 0 Å². The average Bonchev–Trinajstić information content (AvgIpc) is 2.13. The lowest BCUT2D eigenvalue weighted by Gasteiger charge is -2.16. The second-order valence-corrected chi connectivity index (χ2v) is 4.19. The third-order valence-corrected chi connectivity index (χ3v) is 2.22. The van der Waals surface area contributed by atoms with Crippen LogP contribution in [0.15, 0.2) is 0 Å². The molecular formula is C8H16. The van der Waals surface area contributed by atoms with Gasteiger partial charge in [-0.25, -0.2) is 0 Å². The van der Waals surface area contributed by atoms with Crippen molar-refractivity contribution in [1.29, 1.82) is 0 Å². The Kier molecular flexibility index (Phi) is 1.14. The molecule has 1 rings (SSSR count). The Morgan fingerprint density at radius 3 is 1.62 bits per heavy atom. The van der Waals surface area contributed by atoms with Crippen molar-refractivity contribution >= 4 is 0 Å². The van der Waals surface area contributed by atoms with E-state index in [0.29, 0.717) is 5.41 Å². The summed E-state index contributed by atoms with van der Waals surface area (Å²) in [6, 6.07) is 0. The quantitative estimate of drug-likeness (QED) is 0.452. The van der Waals surface area contributed by atoms with Gasteiger partial charge < -0.3 is 0 Å². The van der Waals surface area contributed by atoms with Crippen LogP contribution in [-0.4, -0.2) is 0 Å². The largest absolute Gasteiger partial charge is 0.0622 e. The maximum Gasteiger partial charge on any atom is -0.0337 e. The Morgan fingerprint density at radius 1 is 1.25 bits per heavy atom. The lowest BCUT2D eigenvalue weighted by Crippen LogP contribution is -2.08. The lowest BCUT2D eigenvalue weighted by atomic mass is 9.89. The van der Waals surface area contributed by atoms with Gasteiger partial charge in [0.05, 0.1) is 0 Å². The molecule has 0 amide bonds. The second kappa shape index (κ2) is 1.49. The van der Waals surface area contributed by atoms with E-state index in [9.17, 15) is 0 Å². The molecule has 0 bridgehead atoms. The summed E-state index contributed by atoms with van der Waals surface area (Å²) in [6.07, 6.45) is 1.46. The van der Waals surface area contributed by atoms with Crippen LogP contribution < -0.4 is 0 Å². The van der Waals surface area contributed by atoms with E-state index in [0.717, 1.165) is 11.8 Å². The van der Waals surface area contributed by atoms with Crippen molar-refractivity contribution in [3.8, 4) is 0 Å². The summed E-state index contributed by atoms with van der Waals surface area (Å²) < 4.78 is 0. The highest BCUT2D eigenvalue weighted by Gasteiger charge is 2.41. The molecule has 0 aliphatic heterocycles. The van der Waals surface area contributed by atoms with Crippen molar-refractivity contribution in [2.45, 2.75) is 34.1 Å². The molecular weight excluding hydrogens is 96.1 g/mol. The molecule has 0 spiro atoms. The van der Waals surface area contributed by atoms with E-state index in [1.807, 2.05) is 0 Å². The zero-order valence-corrected chi connectivity index (χ0v) is 6.36. The van der Waals surface area contributed by atoms with Crippen LogP contribution in [0.4, 0.5) is 0 Å². The van der Waals surface area contributed by atoms with Crippen molar-refractivity contribution in [3.63, 3.8) is 0 Å². The minimum Gasteiger partial charge on any atom is -0.0622 e. The fourth-order valence-corrected chi connectivity index (χ4v) is 1.53. The maximum atomic E-state index is 2.34. The van der Waals surface area contributed by atoms with E-state index < -0.39 is 0 Å². The normalized spacial score (nSPS) is 37.5. The maximum absolute atomic E-state index is 2.34. The molecule has 0 aromatic heterocycles. The molecule has 0 N–H and O–H groups in total. The minimum atomic E-state index is 0.583. The van der Waals surface area contributed by atoms with Crippen LogP contribution in [0, 0.1) is 17.3 Å². The smallest absolute Gasteiger partial charge is 0.0337 e. The predicted octanol–water partition coefficient (Wildman–Crippen LogP) is 2.69. The Bertz CT molecular complexity index is 86.7. The van der Waals surface area contributed by atoms with Gasteiger partial charge in [-0.2, -0.15) is 0 Å². The molecule has 1 fully saturated rings. The number of rotatable bonds is 0. The monoisotopic (exact) mass is 112 g/mol. The molecule has 0 nitrogen and oxygen atoms in total. The molecule has 0 aromatic carbocycles. The van der Waals surface area contributed by atoms with E-state index in [-0.39, 0.29) is 0 Å². The van der Waals surface area contributed by atoms with Gasteiger partial charge in [0, 0.05) is 0 Å². The summed E-state index contributed by atoms with van der Waals surface area (Å²) in [7, 11) is 0. The number of hydrogen-bond acceptors (Lipinski definition) is 0. The van der Waals surface area contributed by atoms with Crippen molar-refractivity contribution < 1.29 is 0 Å². The zero-order chi connectivity index (χ0) is 6.36. The van der Waals surface area contributed by atoms with E-state index in [1.165, 1.54) is 6.42 Å². The molecule has 1 aliphatic rings. The predicted molar refractivity (Wildman–Crippen MR) is 36.7 cm³/mol. The van der Waals surface area contributed by atoms with Crippen LogP contribution in [0.2, 0.25) is 0 Å². The van der Waals surface area contributed by atoms with Gasteiger partial charge in [-0.3, -0.25) is 0 Å². The topological polar surface area (TPSA) is 0 Å². The summed E-state index contributed by atoms with van der Waals surface area (Å²) in [5.41, 5.74) is 0.583. The minimum absolute atomic E-state index is 0.583. The first-order chi connectivity index (χ1) is 3.52. The van der Waals surface area contributed by atoms with E-state index in [2.05, 4.69) is 27.7 Å². The first kappa shape index (κ1) is 6.12. The Labute approximate surface area is 52.3 Å². The Morgan fingerprint density at radius 2 is 1.62 bits per heavy atom. The van der Waals surface area contributed by atoms with Crippen molar-refractivity contribution in [2.75, 3.05) is 0 Å². The molecule has 1 aliphatic carbocycles. The van der Waals surface area contributed by atoms with Gasteiger partial charge in [0.15, 0.2) is 0 Å². The van der Waals surface area contributed by atoms with Gasteiger partial charge in [-0.05, 0) is 23.7 Å². The van der Waals surface area contributed by atoms with Gasteiger partial charge in [0.2, 0.25) is 0 Å². The molecule has 8 heavy (non-hydrogen) atoms.